The predicted molar refractivity (Wildman–Crippen MR) is 33.7 cm³/mol. The normalized spacial score (nSPS) is 6.89. The fraction of sp³-hybridized carbons (Fsp3) is 0. The first-order valence-corrected chi connectivity index (χ1v) is 2.29. The van der Waals surface area contributed by atoms with E-state index in [1.807, 2.05) is 0 Å². The minimum atomic E-state index is -0.0532. The van der Waals surface area contributed by atoms with Crippen LogP contribution < -0.4 is 5.56 Å². The Balaban J connectivity index is 0.000000291. The maximum absolute atomic E-state index is 10.2. The zero-order valence-corrected chi connectivity index (χ0v) is 4.74. The van der Waals surface area contributed by atoms with Crippen LogP contribution in [0.25, 0.3) is 0 Å². The Kier molecular flexibility index (Phi) is 3.80. The van der Waals surface area contributed by atoms with Gasteiger partial charge in [0.1, 0.15) is 0 Å². The topological polar surface area (TPSA) is 56.6 Å². The van der Waals surface area contributed by atoms with Gasteiger partial charge < -0.3 is 4.98 Å². The molecular formula is C6H6N2O. The molecule has 1 N–H and O–H groups in total. The van der Waals surface area contributed by atoms with E-state index in [0.717, 1.165) is 0 Å². The summed E-state index contributed by atoms with van der Waals surface area (Å²) in [5, 5.41) is 6.50. The monoisotopic (exact) mass is 122 g/mol. The molecule has 1 heterocycles. The average molecular weight is 122 g/mol. The Hall–Kier alpha value is -1.56. The minimum Gasteiger partial charge on any atom is -0.329 e. The highest BCUT2D eigenvalue weighted by Gasteiger charge is 1.69. The summed E-state index contributed by atoms with van der Waals surface area (Å²) in [4.78, 5) is 12.7. The summed E-state index contributed by atoms with van der Waals surface area (Å²) in [6.07, 6.45) is 1.60. The van der Waals surface area contributed by atoms with Crippen molar-refractivity contribution in [2.75, 3.05) is 0 Å². The predicted octanol–water partition coefficient (Wildman–Crippen LogP) is 0.515. The molecule has 3 nitrogen and oxygen atoms in total. The molecule has 9 heavy (non-hydrogen) atoms. The van der Waals surface area contributed by atoms with Crippen LogP contribution in [-0.2, 0) is 0 Å². The molecule has 0 aliphatic rings. The summed E-state index contributed by atoms with van der Waals surface area (Å²) in [5.41, 5.74) is -0.0532. The van der Waals surface area contributed by atoms with E-state index in [1.54, 1.807) is 18.3 Å². The maximum Gasteiger partial charge on any atom is 0.247 e. The smallest absolute Gasteiger partial charge is 0.247 e. The van der Waals surface area contributed by atoms with Gasteiger partial charge >= 0.3 is 0 Å². The van der Waals surface area contributed by atoms with Gasteiger partial charge in [-0.3, -0.25) is 4.79 Å². The van der Waals surface area contributed by atoms with E-state index in [4.69, 9.17) is 5.26 Å². The van der Waals surface area contributed by atoms with Gasteiger partial charge in [0.25, 0.3) is 0 Å². The van der Waals surface area contributed by atoms with Gasteiger partial charge in [0.2, 0.25) is 5.56 Å². The summed E-state index contributed by atoms with van der Waals surface area (Å²) in [7, 11) is 0. The molecule has 0 aromatic carbocycles. The number of rotatable bonds is 0. The number of hydrogen-bond donors (Lipinski definition) is 1. The summed E-state index contributed by atoms with van der Waals surface area (Å²) >= 11 is 0. The highest BCUT2D eigenvalue weighted by Crippen LogP contribution is 1.67. The molecule has 0 bridgehead atoms. The maximum atomic E-state index is 10.2. The standard InChI is InChI=1S/C5H5NO.CHN/c7-5-3-1-2-4-6-5;1-2/h1-4H,(H,6,7);1H. The first kappa shape index (κ1) is 7.44. The van der Waals surface area contributed by atoms with Crippen molar-refractivity contribution in [3.05, 3.63) is 34.7 Å². The van der Waals surface area contributed by atoms with E-state index in [-0.39, 0.29) is 5.56 Å². The minimum absolute atomic E-state index is 0.0532. The van der Waals surface area contributed by atoms with Gasteiger partial charge in [-0.15, -0.1) is 0 Å². The number of aromatic nitrogens is 1. The first-order chi connectivity index (χ1) is 4.39. The van der Waals surface area contributed by atoms with Gasteiger partial charge in [0.15, 0.2) is 0 Å². The van der Waals surface area contributed by atoms with Gasteiger partial charge in [-0.1, -0.05) is 6.07 Å². The molecule has 0 atom stereocenters. The van der Waals surface area contributed by atoms with Crippen molar-refractivity contribution >= 4 is 0 Å². The summed E-state index contributed by atoms with van der Waals surface area (Å²) < 4.78 is 0. The lowest BCUT2D eigenvalue weighted by molar-refractivity contribution is 1.24. The molecule has 1 aromatic heterocycles. The Morgan fingerprint density at radius 3 is 2.33 bits per heavy atom. The zero-order chi connectivity index (χ0) is 7.11. The number of H-pyrrole nitrogens is 1. The largest absolute Gasteiger partial charge is 0.329 e. The van der Waals surface area contributed by atoms with Crippen LogP contribution in [0.4, 0.5) is 0 Å². The SMILES string of the molecule is C#N.O=c1cccc[nH]1. The highest BCUT2D eigenvalue weighted by molar-refractivity contribution is 4.89. The number of nitriles is 1. The number of nitrogens with one attached hydrogen (secondary N) is 1. The van der Waals surface area contributed by atoms with Crippen LogP contribution >= 0.6 is 0 Å². The van der Waals surface area contributed by atoms with Gasteiger partial charge in [-0.05, 0) is 6.07 Å². The second kappa shape index (κ2) is 4.60. The van der Waals surface area contributed by atoms with Gasteiger partial charge in [0.05, 0.1) is 0 Å². The fourth-order valence-electron chi connectivity index (χ4n) is 0.377. The van der Waals surface area contributed by atoms with E-state index in [9.17, 15) is 4.79 Å². The molecule has 3 heteroatoms. The van der Waals surface area contributed by atoms with Crippen molar-refractivity contribution in [2.45, 2.75) is 0 Å². The lowest BCUT2D eigenvalue weighted by Gasteiger charge is -1.73. The van der Waals surface area contributed by atoms with Gasteiger partial charge in [0, 0.05) is 18.8 Å². The van der Waals surface area contributed by atoms with Crippen molar-refractivity contribution in [1.29, 1.82) is 5.26 Å². The van der Waals surface area contributed by atoms with Crippen molar-refractivity contribution in [2.24, 2.45) is 0 Å². The summed E-state index contributed by atoms with van der Waals surface area (Å²) in [5.74, 6) is 0. The molecular weight excluding hydrogens is 116 g/mol. The van der Waals surface area contributed by atoms with Crippen LogP contribution in [0, 0.1) is 11.8 Å². The molecule has 0 fully saturated rings. The number of nitrogens with zero attached hydrogens (tertiary/aromatic N) is 1. The van der Waals surface area contributed by atoms with E-state index >= 15 is 0 Å². The van der Waals surface area contributed by atoms with E-state index in [1.165, 1.54) is 6.07 Å². The van der Waals surface area contributed by atoms with Crippen LogP contribution in [0.15, 0.2) is 29.2 Å². The molecule has 0 aliphatic heterocycles. The molecule has 0 unspecified atom stereocenters. The molecule has 46 valence electrons. The van der Waals surface area contributed by atoms with Crippen LogP contribution in [0.1, 0.15) is 0 Å². The molecule has 1 rings (SSSR count). The molecule has 0 amide bonds. The van der Waals surface area contributed by atoms with Crippen LogP contribution in [0.5, 0.6) is 0 Å². The fourth-order valence-corrected chi connectivity index (χ4v) is 0.377. The first-order valence-electron chi connectivity index (χ1n) is 2.29. The number of pyridine rings is 1. The Morgan fingerprint density at radius 1 is 1.44 bits per heavy atom. The Bertz CT molecular complexity index is 208. The van der Waals surface area contributed by atoms with Crippen molar-refractivity contribution < 1.29 is 0 Å². The van der Waals surface area contributed by atoms with E-state index in [0.29, 0.717) is 0 Å². The second-order valence-electron chi connectivity index (χ2n) is 1.23. The van der Waals surface area contributed by atoms with Crippen LogP contribution in [-0.4, -0.2) is 4.98 Å². The Morgan fingerprint density at radius 2 is 2.11 bits per heavy atom. The van der Waals surface area contributed by atoms with Crippen molar-refractivity contribution in [3.63, 3.8) is 0 Å². The molecule has 0 radical (unpaired) electrons. The number of aromatic amines is 1. The average Bonchev–Trinajstić information content (AvgIpc) is 1.94. The van der Waals surface area contributed by atoms with E-state index < -0.39 is 0 Å². The lowest BCUT2D eigenvalue weighted by atomic mass is 10.5. The van der Waals surface area contributed by atoms with Crippen LogP contribution in [0.2, 0.25) is 0 Å². The molecule has 0 saturated carbocycles. The van der Waals surface area contributed by atoms with Gasteiger partial charge in [-0.25, -0.2) is 5.26 Å². The third-order valence-corrected chi connectivity index (χ3v) is 0.681. The molecule has 1 aromatic rings. The molecule has 0 saturated heterocycles. The summed E-state index contributed by atoms with van der Waals surface area (Å²) in [6, 6.07) is 4.93. The Labute approximate surface area is 52.6 Å². The second-order valence-corrected chi connectivity index (χ2v) is 1.23. The zero-order valence-electron chi connectivity index (χ0n) is 4.74. The van der Waals surface area contributed by atoms with Crippen molar-refractivity contribution in [1.82, 2.24) is 4.98 Å². The van der Waals surface area contributed by atoms with Gasteiger partial charge in [-0.2, -0.15) is 0 Å². The molecule has 0 spiro atoms. The number of hydrogen-bond acceptors (Lipinski definition) is 2. The lowest BCUT2D eigenvalue weighted by Crippen LogP contribution is -1.98. The van der Waals surface area contributed by atoms with Crippen molar-refractivity contribution in [3.8, 4) is 6.57 Å². The van der Waals surface area contributed by atoms with E-state index in [2.05, 4.69) is 11.6 Å². The third kappa shape index (κ3) is 3.06. The van der Waals surface area contributed by atoms with Crippen LogP contribution in [0.3, 0.4) is 0 Å². The highest BCUT2D eigenvalue weighted by atomic mass is 16.1. The third-order valence-electron chi connectivity index (χ3n) is 0.681. The molecule has 0 aliphatic carbocycles. The quantitative estimate of drug-likeness (QED) is 0.545. The summed E-state index contributed by atoms with van der Waals surface area (Å²) in [6.45, 7) is 3.50.